The summed E-state index contributed by atoms with van der Waals surface area (Å²) >= 11 is 0. The lowest BCUT2D eigenvalue weighted by Gasteiger charge is -2.43. The molecule has 2 N–H and O–H groups in total. The minimum atomic E-state index is -1.06. The molecule has 2 aromatic rings. The van der Waals surface area contributed by atoms with Gasteiger partial charge in [-0.3, -0.25) is 14.4 Å². The maximum Gasteiger partial charge on any atom is 0.273 e. The predicted molar refractivity (Wildman–Crippen MR) is 138 cm³/mol. The van der Waals surface area contributed by atoms with Crippen molar-refractivity contribution in [2.75, 3.05) is 13.1 Å². The molecule has 0 bridgehead atoms. The van der Waals surface area contributed by atoms with Crippen LogP contribution in [0.15, 0.2) is 30.6 Å². The van der Waals surface area contributed by atoms with E-state index in [0.717, 1.165) is 17.7 Å². The minimum absolute atomic E-state index is 0.0723. The number of fused-ring (bicyclic) bond motifs is 1. The van der Waals surface area contributed by atoms with Crippen molar-refractivity contribution in [2.24, 2.45) is 5.92 Å². The van der Waals surface area contributed by atoms with E-state index in [1.54, 1.807) is 16.4 Å². The standard InChI is InChI=1S/C27H39N5O4/c1-7-14-32-25(34)23-22(24(33)29-15-20-8-10-21(11-9-20)36-19(4)5)30-17-31(23)16-27(32,6)26(35)28-13-12-18(2)3/h8-11,17-19H,7,12-16H2,1-6H3,(H,28,35)(H,29,33)/t27-/m1/s1. The molecule has 1 aromatic heterocycles. The first-order chi connectivity index (χ1) is 17.1. The Bertz CT molecular complexity index is 1080. The summed E-state index contributed by atoms with van der Waals surface area (Å²) in [5.41, 5.74) is 0.125. The number of benzene rings is 1. The van der Waals surface area contributed by atoms with Gasteiger partial charge in [0.15, 0.2) is 5.69 Å². The molecule has 0 saturated heterocycles. The number of carbonyl (C=O) groups excluding carboxylic acids is 3. The van der Waals surface area contributed by atoms with E-state index < -0.39 is 11.4 Å². The van der Waals surface area contributed by atoms with E-state index in [0.29, 0.717) is 25.4 Å². The average Bonchev–Trinajstić information content (AvgIpc) is 3.24. The van der Waals surface area contributed by atoms with Gasteiger partial charge in [0.2, 0.25) is 5.91 Å². The second kappa shape index (κ2) is 11.6. The Hall–Kier alpha value is -3.36. The molecule has 0 fully saturated rings. The number of rotatable bonds is 11. The fraction of sp³-hybridized carbons (Fsp3) is 0.556. The molecule has 0 radical (unpaired) electrons. The van der Waals surface area contributed by atoms with Gasteiger partial charge < -0.3 is 24.8 Å². The number of carbonyl (C=O) groups is 3. The molecule has 36 heavy (non-hydrogen) atoms. The van der Waals surface area contributed by atoms with E-state index in [2.05, 4.69) is 29.5 Å². The van der Waals surface area contributed by atoms with Crippen LogP contribution in [0.5, 0.6) is 5.75 Å². The minimum Gasteiger partial charge on any atom is -0.491 e. The van der Waals surface area contributed by atoms with Crippen LogP contribution in [0, 0.1) is 5.92 Å². The first-order valence-electron chi connectivity index (χ1n) is 12.8. The topological polar surface area (TPSA) is 106 Å². The molecule has 3 rings (SSSR count). The SMILES string of the molecule is CCCN1C(=O)c2c(C(=O)NCc3ccc(OC(C)C)cc3)ncn2C[C@]1(C)C(=O)NCCC(C)C. The smallest absolute Gasteiger partial charge is 0.273 e. The number of nitrogens with one attached hydrogen (secondary N) is 2. The molecular formula is C27H39N5O4. The molecule has 0 aliphatic carbocycles. The van der Waals surface area contributed by atoms with E-state index in [1.807, 2.05) is 45.0 Å². The Kier molecular flexibility index (Phi) is 8.76. The summed E-state index contributed by atoms with van der Waals surface area (Å²) in [6.45, 7) is 13.3. The second-order valence-electron chi connectivity index (χ2n) is 10.2. The van der Waals surface area contributed by atoms with Gasteiger partial charge in [0.05, 0.1) is 19.0 Å². The van der Waals surface area contributed by atoms with Crippen LogP contribution in [0.25, 0.3) is 0 Å². The first-order valence-corrected chi connectivity index (χ1v) is 12.8. The zero-order chi connectivity index (χ0) is 26.5. The van der Waals surface area contributed by atoms with Gasteiger partial charge in [0, 0.05) is 19.6 Å². The number of hydrogen-bond donors (Lipinski definition) is 2. The monoisotopic (exact) mass is 497 g/mol. The molecule has 1 atom stereocenters. The van der Waals surface area contributed by atoms with E-state index in [1.165, 1.54) is 6.33 Å². The van der Waals surface area contributed by atoms with Crippen LogP contribution in [0.4, 0.5) is 0 Å². The summed E-state index contributed by atoms with van der Waals surface area (Å²) in [5.74, 6) is 0.246. The number of aromatic nitrogens is 2. The fourth-order valence-electron chi connectivity index (χ4n) is 4.32. The zero-order valence-electron chi connectivity index (χ0n) is 22.3. The van der Waals surface area contributed by atoms with Crippen LogP contribution in [0.3, 0.4) is 0 Å². The van der Waals surface area contributed by atoms with Crippen LogP contribution in [0.1, 0.15) is 80.9 Å². The highest BCUT2D eigenvalue weighted by atomic mass is 16.5. The van der Waals surface area contributed by atoms with Crippen molar-refractivity contribution >= 4 is 17.7 Å². The van der Waals surface area contributed by atoms with Crippen LogP contribution in [0.2, 0.25) is 0 Å². The van der Waals surface area contributed by atoms with Crippen molar-refractivity contribution in [3.63, 3.8) is 0 Å². The number of imidazole rings is 1. The lowest BCUT2D eigenvalue weighted by molar-refractivity contribution is -0.132. The third-order valence-electron chi connectivity index (χ3n) is 6.27. The van der Waals surface area contributed by atoms with Gasteiger partial charge in [0.25, 0.3) is 11.8 Å². The van der Waals surface area contributed by atoms with Crippen molar-refractivity contribution in [2.45, 2.75) is 79.1 Å². The van der Waals surface area contributed by atoms with Crippen LogP contribution in [-0.2, 0) is 17.9 Å². The first kappa shape index (κ1) is 27.2. The van der Waals surface area contributed by atoms with Crippen molar-refractivity contribution in [1.29, 1.82) is 0 Å². The Morgan fingerprint density at radius 1 is 1.14 bits per heavy atom. The normalized spacial score (nSPS) is 17.3. The van der Waals surface area contributed by atoms with Crippen molar-refractivity contribution < 1.29 is 19.1 Å². The van der Waals surface area contributed by atoms with Gasteiger partial charge in [-0.1, -0.05) is 32.9 Å². The molecular weight excluding hydrogens is 458 g/mol. The van der Waals surface area contributed by atoms with Crippen LogP contribution >= 0.6 is 0 Å². The zero-order valence-corrected chi connectivity index (χ0v) is 22.3. The van der Waals surface area contributed by atoms with E-state index in [-0.39, 0.29) is 42.4 Å². The molecule has 0 unspecified atom stereocenters. The van der Waals surface area contributed by atoms with Crippen molar-refractivity contribution in [3.8, 4) is 5.75 Å². The van der Waals surface area contributed by atoms with Crippen LogP contribution < -0.4 is 15.4 Å². The lowest BCUT2D eigenvalue weighted by Crippen LogP contribution is -2.64. The molecule has 1 aliphatic heterocycles. The molecule has 0 saturated carbocycles. The predicted octanol–water partition coefficient (Wildman–Crippen LogP) is 3.39. The van der Waals surface area contributed by atoms with Gasteiger partial charge in [-0.2, -0.15) is 0 Å². The maximum atomic E-state index is 13.6. The Balaban J connectivity index is 1.75. The summed E-state index contributed by atoms with van der Waals surface area (Å²) in [6.07, 6.45) is 3.11. The summed E-state index contributed by atoms with van der Waals surface area (Å²) in [6, 6.07) is 7.49. The Morgan fingerprint density at radius 2 is 1.83 bits per heavy atom. The van der Waals surface area contributed by atoms with Crippen molar-refractivity contribution in [1.82, 2.24) is 25.1 Å². The molecule has 2 heterocycles. The number of hydrogen-bond acceptors (Lipinski definition) is 5. The van der Waals surface area contributed by atoms with Crippen LogP contribution in [-0.4, -0.2) is 56.9 Å². The van der Waals surface area contributed by atoms with E-state index in [4.69, 9.17) is 4.74 Å². The highest BCUT2D eigenvalue weighted by Gasteiger charge is 2.48. The number of amides is 3. The third kappa shape index (κ3) is 6.06. The maximum absolute atomic E-state index is 13.6. The molecule has 3 amide bonds. The van der Waals surface area contributed by atoms with Crippen molar-refractivity contribution in [3.05, 3.63) is 47.5 Å². The van der Waals surface area contributed by atoms with Gasteiger partial charge in [-0.15, -0.1) is 0 Å². The number of nitrogens with zero attached hydrogens (tertiary/aromatic N) is 3. The van der Waals surface area contributed by atoms with Gasteiger partial charge in [-0.25, -0.2) is 4.98 Å². The van der Waals surface area contributed by atoms with E-state index >= 15 is 0 Å². The Morgan fingerprint density at radius 3 is 2.44 bits per heavy atom. The molecule has 196 valence electrons. The summed E-state index contributed by atoms with van der Waals surface area (Å²) in [7, 11) is 0. The molecule has 1 aromatic carbocycles. The Labute approximate surface area is 213 Å². The summed E-state index contributed by atoms with van der Waals surface area (Å²) in [5, 5.41) is 5.85. The fourth-order valence-corrected chi connectivity index (χ4v) is 4.32. The highest BCUT2D eigenvalue weighted by molar-refractivity contribution is 6.07. The quantitative estimate of drug-likeness (QED) is 0.495. The summed E-state index contributed by atoms with van der Waals surface area (Å²) in [4.78, 5) is 45.6. The lowest BCUT2D eigenvalue weighted by atomic mass is 9.93. The van der Waals surface area contributed by atoms with Gasteiger partial charge in [-0.05, 0) is 57.2 Å². The summed E-state index contributed by atoms with van der Waals surface area (Å²) < 4.78 is 7.28. The third-order valence-corrected chi connectivity index (χ3v) is 6.27. The van der Waals surface area contributed by atoms with E-state index in [9.17, 15) is 14.4 Å². The molecule has 0 spiro atoms. The largest absolute Gasteiger partial charge is 0.491 e. The molecule has 9 nitrogen and oxygen atoms in total. The average molecular weight is 498 g/mol. The molecule has 9 heteroatoms. The van der Waals surface area contributed by atoms with Gasteiger partial charge in [0.1, 0.15) is 17.0 Å². The number of ether oxygens (including phenoxy) is 1. The van der Waals surface area contributed by atoms with Gasteiger partial charge >= 0.3 is 0 Å². The second-order valence-corrected chi connectivity index (χ2v) is 10.2. The molecule has 1 aliphatic rings. The highest BCUT2D eigenvalue weighted by Crippen LogP contribution is 2.29.